The Hall–Kier alpha value is -2.82. The maximum absolute atomic E-state index is 13.0. The Bertz CT molecular complexity index is 973. The van der Waals surface area contributed by atoms with E-state index in [0.717, 1.165) is 28.2 Å². The highest BCUT2D eigenvalue weighted by Crippen LogP contribution is 2.28. The Labute approximate surface area is 165 Å². The standard InChI is InChI=1S/C23H27N3O2/c1-16-12-13-18(28-16)15-24-23(27)20-14-22(25-21-11-7-6-10-19(20)21)26(2)17-8-4-3-5-9-17/h6-7,10-14,17H,3-5,8-9,15H2,1-2H3,(H,24,27). The highest BCUT2D eigenvalue weighted by atomic mass is 16.3. The first-order valence-electron chi connectivity index (χ1n) is 10.1. The number of aryl methyl sites for hydroxylation is 1. The molecule has 1 aliphatic carbocycles. The van der Waals surface area contributed by atoms with Crippen molar-refractivity contribution >= 4 is 22.6 Å². The van der Waals surface area contributed by atoms with Gasteiger partial charge in [0.25, 0.3) is 5.91 Å². The van der Waals surface area contributed by atoms with Gasteiger partial charge in [0.2, 0.25) is 0 Å². The van der Waals surface area contributed by atoms with Crippen molar-refractivity contribution in [3.05, 3.63) is 59.5 Å². The monoisotopic (exact) mass is 377 g/mol. The van der Waals surface area contributed by atoms with Gasteiger partial charge in [0, 0.05) is 18.5 Å². The molecule has 0 unspecified atom stereocenters. The first-order valence-corrected chi connectivity index (χ1v) is 10.1. The van der Waals surface area contributed by atoms with Crippen LogP contribution in [-0.2, 0) is 6.54 Å². The van der Waals surface area contributed by atoms with Crippen LogP contribution in [0.5, 0.6) is 0 Å². The van der Waals surface area contributed by atoms with Gasteiger partial charge in [0.1, 0.15) is 17.3 Å². The summed E-state index contributed by atoms with van der Waals surface area (Å²) >= 11 is 0. The number of fused-ring (bicyclic) bond motifs is 1. The molecule has 1 fully saturated rings. The average Bonchev–Trinajstić information content (AvgIpc) is 3.16. The number of rotatable bonds is 5. The molecule has 1 aromatic carbocycles. The van der Waals surface area contributed by atoms with Gasteiger partial charge in [-0.2, -0.15) is 0 Å². The first kappa shape index (κ1) is 18.5. The molecule has 4 rings (SSSR count). The number of furan rings is 1. The zero-order valence-corrected chi connectivity index (χ0v) is 16.6. The number of carbonyl (C=O) groups is 1. The fourth-order valence-corrected chi connectivity index (χ4v) is 4.03. The summed E-state index contributed by atoms with van der Waals surface area (Å²) in [6.07, 6.45) is 6.21. The summed E-state index contributed by atoms with van der Waals surface area (Å²) in [5, 5.41) is 3.86. The number of anilines is 1. The molecule has 0 bridgehead atoms. The predicted octanol–water partition coefficient (Wildman–Crippen LogP) is 4.84. The Morgan fingerprint density at radius 3 is 2.71 bits per heavy atom. The summed E-state index contributed by atoms with van der Waals surface area (Å²) in [4.78, 5) is 20.1. The number of amides is 1. The lowest BCUT2D eigenvalue weighted by Crippen LogP contribution is -2.34. The molecule has 0 saturated heterocycles. The van der Waals surface area contributed by atoms with Crippen LogP contribution in [0.15, 0.2) is 46.9 Å². The zero-order valence-electron chi connectivity index (χ0n) is 16.6. The zero-order chi connectivity index (χ0) is 19.5. The molecule has 0 spiro atoms. The van der Waals surface area contributed by atoms with E-state index < -0.39 is 0 Å². The predicted molar refractivity (Wildman–Crippen MR) is 112 cm³/mol. The van der Waals surface area contributed by atoms with E-state index in [1.165, 1.54) is 32.1 Å². The summed E-state index contributed by atoms with van der Waals surface area (Å²) in [6, 6.07) is 14.1. The number of nitrogens with zero attached hydrogens (tertiary/aromatic N) is 2. The molecule has 0 aliphatic heterocycles. The van der Waals surface area contributed by atoms with E-state index >= 15 is 0 Å². The second-order valence-corrected chi connectivity index (χ2v) is 7.64. The highest BCUT2D eigenvalue weighted by Gasteiger charge is 2.21. The van der Waals surface area contributed by atoms with Crippen LogP contribution in [0.3, 0.4) is 0 Å². The summed E-state index contributed by atoms with van der Waals surface area (Å²) in [5.74, 6) is 2.36. The lowest BCUT2D eigenvalue weighted by atomic mass is 9.94. The van der Waals surface area contributed by atoms with Crippen LogP contribution in [-0.4, -0.2) is 24.0 Å². The molecule has 2 aromatic heterocycles. The largest absolute Gasteiger partial charge is 0.465 e. The Kier molecular flexibility index (Phi) is 5.33. The van der Waals surface area contributed by atoms with E-state index in [9.17, 15) is 4.79 Å². The maximum atomic E-state index is 13.0. The van der Waals surface area contributed by atoms with Crippen LogP contribution in [0.1, 0.15) is 54.0 Å². The minimum Gasteiger partial charge on any atom is -0.465 e. The lowest BCUT2D eigenvalue weighted by molar-refractivity contribution is 0.0949. The number of hydrogen-bond donors (Lipinski definition) is 1. The molecule has 3 aromatic rings. The number of aromatic nitrogens is 1. The van der Waals surface area contributed by atoms with Gasteiger partial charge in [-0.1, -0.05) is 37.5 Å². The highest BCUT2D eigenvalue weighted by molar-refractivity contribution is 6.07. The summed E-state index contributed by atoms with van der Waals surface area (Å²) in [7, 11) is 2.10. The van der Waals surface area contributed by atoms with Crippen LogP contribution in [0.4, 0.5) is 5.82 Å². The van der Waals surface area contributed by atoms with Crippen molar-refractivity contribution in [1.29, 1.82) is 0 Å². The average molecular weight is 377 g/mol. The molecule has 1 saturated carbocycles. The topological polar surface area (TPSA) is 58.4 Å². The Morgan fingerprint density at radius 2 is 1.96 bits per heavy atom. The first-order chi connectivity index (χ1) is 13.6. The summed E-state index contributed by atoms with van der Waals surface area (Å²) < 4.78 is 5.56. The van der Waals surface area contributed by atoms with Crippen LogP contribution >= 0.6 is 0 Å². The minimum absolute atomic E-state index is 0.106. The van der Waals surface area contributed by atoms with Crippen molar-refractivity contribution in [3.63, 3.8) is 0 Å². The van der Waals surface area contributed by atoms with Gasteiger partial charge in [-0.15, -0.1) is 0 Å². The van der Waals surface area contributed by atoms with Gasteiger partial charge in [-0.05, 0) is 44.0 Å². The Morgan fingerprint density at radius 1 is 1.18 bits per heavy atom. The third-order valence-electron chi connectivity index (χ3n) is 5.65. The molecule has 1 amide bonds. The molecule has 5 nitrogen and oxygen atoms in total. The number of hydrogen-bond acceptors (Lipinski definition) is 4. The van der Waals surface area contributed by atoms with Crippen LogP contribution in [0.25, 0.3) is 10.9 Å². The second kappa shape index (κ2) is 8.05. The van der Waals surface area contributed by atoms with Gasteiger partial charge >= 0.3 is 0 Å². The van der Waals surface area contributed by atoms with Crippen LogP contribution in [0, 0.1) is 6.92 Å². The lowest BCUT2D eigenvalue weighted by Gasteiger charge is -2.32. The normalized spacial score (nSPS) is 14.9. The molecular weight excluding hydrogens is 350 g/mol. The molecule has 1 N–H and O–H groups in total. The molecule has 5 heteroatoms. The molecule has 146 valence electrons. The quantitative estimate of drug-likeness (QED) is 0.691. The van der Waals surface area contributed by atoms with Gasteiger partial charge in [0.05, 0.1) is 17.6 Å². The molecule has 2 heterocycles. The molecule has 0 atom stereocenters. The van der Waals surface area contributed by atoms with Gasteiger partial charge in [0.15, 0.2) is 0 Å². The SMILES string of the molecule is Cc1ccc(CNC(=O)c2cc(N(C)C3CCCCC3)nc3ccccc23)o1. The smallest absolute Gasteiger partial charge is 0.252 e. The van der Waals surface area contributed by atoms with Gasteiger partial charge in [-0.25, -0.2) is 4.98 Å². The van der Waals surface area contributed by atoms with E-state index in [2.05, 4.69) is 17.3 Å². The van der Waals surface area contributed by atoms with Crippen molar-refractivity contribution in [2.45, 2.75) is 51.6 Å². The summed E-state index contributed by atoms with van der Waals surface area (Å²) in [6.45, 7) is 2.27. The number of nitrogens with one attached hydrogen (secondary N) is 1. The van der Waals surface area contributed by atoms with E-state index in [1.54, 1.807) is 0 Å². The third-order valence-corrected chi connectivity index (χ3v) is 5.65. The fourth-order valence-electron chi connectivity index (χ4n) is 4.03. The molecule has 1 aliphatic rings. The van der Waals surface area contributed by atoms with E-state index in [-0.39, 0.29) is 5.91 Å². The maximum Gasteiger partial charge on any atom is 0.252 e. The van der Waals surface area contributed by atoms with Crippen molar-refractivity contribution < 1.29 is 9.21 Å². The van der Waals surface area contributed by atoms with Gasteiger partial charge in [-0.3, -0.25) is 4.79 Å². The number of para-hydroxylation sites is 1. The fraction of sp³-hybridized carbons (Fsp3) is 0.391. The number of carbonyl (C=O) groups excluding carboxylic acids is 1. The third kappa shape index (κ3) is 3.88. The molecule has 28 heavy (non-hydrogen) atoms. The number of pyridine rings is 1. The van der Waals surface area contributed by atoms with Crippen molar-refractivity contribution in [1.82, 2.24) is 10.3 Å². The Balaban J connectivity index is 1.62. The van der Waals surface area contributed by atoms with Crippen LogP contribution in [0.2, 0.25) is 0 Å². The summed E-state index contributed by atoms with van der Waals surface area (Å²) in [5.41, 5.74) is 1.51. The second-order valence-electron chi connectivity index (χ2n) is 7.64. The van der Waals surface area contributed by atoms with Crippen LogP contribution < -0.4 is 10.2 Å². The van der Waals surface area contributed by atoms with Gasteiger partial charge < -0.3 is 14.6 Å². The minimum atomic E-state index is -0.106. The van der Waals surface area contributed by atoms with E-state index in [4.69, 9.17) is 9.40 Å². The number of benzene rings is 1. The van der Waals surface area contributed by atoms with Crippen molar-refractivity contribution in [3.8, 4) is 0 Å². The van der Waals surface area contributed by atoms with Crippen molar-refractivity contribution in [2.75, 3.05) is 11.9 Å². The van der Waals surface area contributed by atoms with Crippen molar-refractivity contribution in [2.24, 2.45) is 0 Å². The molecule has 0 radical (unpaired) electrons. The van der Waals surface area contributed by atoms with E-state index in [1.807, 2.05) is 49.4 Å². The van der Waals surface area contributed by atoms with E-state index in [0.29, 0.717) is 18.2 Å². The molecular formula is C23H27N3O2.